The molecule has 1 aliphatic rings. The lowest BCUT2D eigenvalue weighted by molar-refractivity contribution is -0.133. The average Bonchev–Trinajstić information content (AvgIpc) is 2.68. The second kappa shape index (κ2) is 8.37. The van der Waals surface area contributed by atoms with Crippen LogP contribution in [-0.2, 0) is 4.79 Å². The molecule has 1 fully saturated rings. The summed E-state index contributed by atoms with van der Waals surface area (Å²) < 4.78 is 0. The highest BCUT2D eigenvalue weighted by Gasteiger charge is 2.23. The first-order valence-corrected chi connectivity index (χ1v) is 9.40. The molecule has 2 aromatic rings. The van der Waals surface area contributed by atoms with Crippen LogP contribution in [0.4, 0.5) is 5.69 Å². The van der Waals surface area contributed by atoms with Crippen molar-refractivity contribution in [3.8, 4) is 0 Å². The molecule has 4 heteroatoms. The highest BCUT2D eigenvalue weighted by molar-refractivity contribution is 5.78. The van der Waals surface area contributed by atoms with Crippen LogP contribution in [0.5, 0.6) is 0 Å². The van der Waals surface area contributed by atoms with Crippen molar-refractivity contribution in [1.82, 2.24) is 9.80 Å². The molecule has 0 saturated carbocycles. The Bertz CT molecular complexity index is 723. The van der Waals surface area contributed by atoms with Gasteiger partial charge in [-0.1, -0.05) is 48.5 Å². The number of aryl methyl sites for hydroxylation is 1. The van der Waals surface area contributed by atoms with Gasteiger partial charge in [0.15, 0.2) is 0 Å². The minimum Gasteiger partial charge on any atom is -0.369 e. The zero-order valence-electron chi connectivity index (χ0n) is 16.1. The molecule has 1 aliphatic heterocycles. The summed E-state index contributed by atoms with van der Waals surface area (Å²) in [6.07, 6.45) is 0. The van der Waals surface area contributed by atoms with E-state index >= 15 is 0 Å². The second-order valence-corrected chi connectivity index (χ2v) is 7.14. The summed E-state index contributed by atoms with van der Waals surface area (Å²) in [5.41, 5.74) is 3.80. The van der Waals surface area contributed by atoms with Crippen LogP contribution < -0.4 is 4.90 Å². The Labute approximate surface area is 157 Å². The Morgan fingerprint density at radius 1 is 1.00 bits per heavy atom. The van der Waals surface area contributed by atoms with E-state index in [1.165, 1.54) is 16.8 Å². The number of nitrogens with zero attached hydrogens (tertiary/aromatic N) is 3. The van der Waals surface area contributed by atoms with E-state index < -0.39 is 0 Å². The number of hydrogen-bond acceptors (Lipinski definition) is 3. The predicted molar refractivity (Wildman–Crippen MR) is 107 cm³/mol. The van der Waals surface area contributed by atoms with E-state index in [0.717, 1.165) is 26.2 Å². The Hall–Kier alpha value is -2.33. The first-order valence-electron chi connectivity index (χ1n) is 9.40. The topological polar surface area (TPSA) is 26.8 Å². The number of rotatable bonds is 5. The first kappa shape index (κ1) is 18.5. The quantitative estimate of drug-likeness (QED) is 0.827. The third-order valence-electron chi connectivity index (χ3n) is 5.44. The fourth-order valence-electron chi connectivity index (χ4n) is 3.54. The molecule has 1 atom stereocenters. The number of piperazine rings is 1. The van der Waals surface area contributed by atoms with Crippen LogP contribution in [0, 0.1) is 6.92 Å². The minimum atomic E-state index is 0.0944. The number of likely N-dealkylation sites (N-methyl/N-ethyl adjacent to an activating group) is 1. The van der Waals surface area contributed by atoms with Gasteiger partial charge in [-0.2, -0.15) is 0 Å². The van der Waals surface area contributed by atoms with Crippen molar-refractivity contribution in [2.45, 2.75) is 19.9 Å². The van der Waals surface area contributed by atoms with Gasteiger partial charge in [-0.05, 0) is 31.0 Å². The van der Waals surface area contributed by atoms with Crippen molar-refractivity contribution in [3.05, 3.63) is 65.7 Å². The van der Waals surface area contributed by atoms with Crippen LogP contribution in [0.1, 0.15) is 24.1 Å². The summed E-state index contributed by atoms with van der Waals surface area (Å²) in [4.78, 5) is 19.3. The Morgan fingerprint density at radius 3 is 2.27 bits per heavy atom. The number of anilines is 1. The molecule has 0 N–H and O–H groups in total. The van der Waals surface area contributed by atoms with Crippen molar-refractivity contribution >= 4 is 11.6 Å². The molecule has 0 aliphatic carbocycles. The lowest BCUT2D eigenvalue weighted by Crippen LogP contribution is -2.50. The van der Waals surface area contributed by atoms with Gasteiger partial charge in [-0.15, -0.1) is 0 Å². The monoisotopic (exact) mass is 351 g/mol. The predicted octanol–water partition coefficient (Wildman–Crippen LogP) is 3.34. The summed E-state index contributed by atoms with van der Waals surface area (Å²) in [5, 5.41) is 0. The third kappa shape index (κ3) is 4.25. The van der Waals surface area contributed by atoms with Crippen LogP contribution in [0.3, 0.4) is 0 Å². The van der Waals surface area contributed by atoms with Gasteiger partial charge >= 0.3 is 0 Å². The summed E-state index contributed by atoms with van der Waals surface area (Å²) in [6, 6.07) is 18.8. The smallest absolute Gasteiger partial charge is 0.236 e. The molecule has 1 saturated heterocycles. The molecule has 3 rings (SSSR count). The molecule has 0 aromatic heterocycles. The van der Waals surface area contributed by atoms with Gasteiger partial charge in [0.25, 0.3) is 0 Å². The van der Waals surface area contributed by atoms with E-state index in [4.69, 9.17) is 0 Å². The maximum Gasteiger partial charge on any atom is 0.236 e. The molecular weight excluding hydrogens is 322 g/mol. The van der Waals surface area contributed by atoms with E-state index in [2.05, 4.69) is 60.0 Å². The van der Waals surface area contributed by atoms with Crippen LogP contribution in [-0.4, -0.2) is 55.5 Å². The molecule has 1 amide bonds. The van der Waals surface area contributed by atoms with E-state index in [-0.39, 0.29) is 11.9 Å². The molecule has 2 aromatic carbocycles. The second-order valence-electron chi connectivity index (χ2n) is 7.14. The van der Waals surface area contributed by atoms with E-state index in [1.54, 1.807) is 0 Å². The maximum absolute atomic E-state index is 12.7. The molecular formula is C22H29N3O. The molecule has 0 spiro atoms. The van der Waals surface area contributed by atoms with Gasteiger partial charge in [0, 0.05) is 38.9 Å². The van der Waals surface area contributed by atoms with Crippen LogP contribution >= 0.6 is 0 Å². The Kier molecular flexibility index (Phi) is 5.94. The van der Waals surface area contributed by atoms with Crippen LogP contribution in [0.15, 0.2) is 54.6 Å². The van der Waals surface area contributed by atoms with Crippen LogP contribution in [0.2, 0.25) is 0 Å². The van der Waals surface area contributed by atoms with Crippen molar-refractivity contribution in [3.63, 3.8) is 0 Å². The van der Waals surface area contributed by atoms with E-state index in [1.807, 2.05) is 30.1 Å². The summed E-state index contributed by atoms with van der Waals surface area (Å²) in [5.74, 6) is 0.186. The zero-order chi connectivity index (χ0) is 18.5. The van der Waals surface area contributed by atoms with Gasteiger partial charge in [0.05, 0.1) is 12.6 Å². The molecule has 1 heterocycles. The molecule has 0 unspecified atom stereocenters. The Balaban J connectivity index is 1.52. The van der Waals surface area contributed by atoms with Crippen LogP contribution in [0.25, 0.3) is 0 Å². The number of carbonyl (C=O) groups excluding carboxylic acids is 1. The highest BCUT2D eigenvalue weighted by atomic mass is 16.2. The maximum atomic E-state index is 12.7. The normalized spacial score (nSPS) is 16.3. The lowest BCUT2D eigenvalue weighted by atomic mass is 10.1. The van der Waals surface area contributed by atoms with Gasteiger partial charge in [-0.25, -0.2) is 0 Å². The van der Waals surface area contributed by atoms with Gasteiger partial charge in [0.1, 0.15) is 0 Å². The SMILES string of the molecule is Cc1ccccc1N1CCN(CC(=O)N(C)[C@H](C)c2ccccc2)CC1. The molecule has 4 nitrogen and oxygen atoms in total. The summed E-state index contributed by atoms with van der Waals surface area (Å²) in [6.45, 7) is 8.53. The molecule has 0 bridgehead atoms. The molecule has 0 radical (unpaired) electrons. The fourth-order valence-corrected chi connectivity index (χ4v) is 3.54. The van der Waals surface area contributed by atoms with Gasteiger partial charge in [-0.3, -0.25) is 9.69 Å². The number of hydrogen-bond donors (Lipinski definition) is 0. The largest absolute Gasteiger partial charge is 0.369 e. The number of para-hydroxylation sites is 1. The van der Waals surface area contributed by atoms with Crippen molar-refractivity contribution in [2.24, 2.45) is 0 Å². The summed E-state index contributed by atoms with van der Waals surface area (Å²) in [7, 11) is 1.91. The number of amides is 1. The molecule has 26 heavy (non-hydrogen) atoms. The number of benzene rings is 2. The number of carbonyl (C=O) groups is 1. The van der Waals surface area contributed by atoms with Crippen molar-refractivity contribution < 1.29 is 4.79 Å². The zero-order valence-corrected chi connectivity index (χ0v) is 16.1. The minimum absolute atomic E-state index is 0.0944. The average molecular weight is 351 g/mol. The fraction of sp³-hybridized carbons (Fsp3) is 0.409. The standard InChI is InChI=1S/C22H29N3O/c1-18-9-7-8-12-21(18)25-15-13-24(14-16-25)17-22(26)23(3)19(2)20-10-5-4-6-11-20/h4-12,19H,13-17H2,1-3H3/t19-/m1/s1. The third-order valence-corrected chi connectivity index (χ3v) is 5.44. The van der Waals surface area contributed by atoms with E-state index in [0.29, 0.717) is 6.54 Å². The Morgan fingerprint density at radius 2 is 1.62 bits per heavy atom. The lowest BCUT2D eigenvalue weighted by Gasteiger charge is -2.37. The van der Waals surface area contributed by atoms with Gasteiger partial charge in [0.2, 0.25) is 5.91 Å². The van der Waals surface area contributed by atoms with Crippen molar-refractivity contribution in [2.75, 3.05) is 44.7 Å². The molecule has 138 valence electrons. The van der Waals surface area contributed by atoms with E-state index in [9.17, 15) is 4.79 Å². The van der Waals surface area contributed by atoms with Crippen molar-refractivity contribution in [1.29, 1.82) is 0 Å². The highest BCUT2D eigenvalue weighted by Crippen LogP contribution is 2.21. The first-order chi connectivity index (χ1) is 12.6. The van der Waals surface area contributed by atoms with Gasteiger partial charge < -0.3 is 9.80 Å². The summed E-state index contributed by atoms with van der Waals surface area (Å²) >= 11 is 0.